The smallest absolute Gasteiger partial charge is 0.273 e. The van der Waals surface area contributed by atoms with Crippen LogP contribution in [0.4, 0.5) is 4.79 Å². The summed E-state index contributed by atoms with van der Waals surface area (Å²) >= 11 is 8.24. The number of phenols is 1. The second kappa shape index (κ2) is 9.13. The van der Waals surface area contributed by atoms with E-state index in [1.807, 2.05) is 34.0 Å². The van der Waals surface area contributed by atoms with Crippen molar-refractivity contribution < 1.29 is 14.6 Å². The fourth-order valence-corrected chi connectivity index (χ4v) is 2.02. The summed E-state index contributed by atoms with van der Waals surface area (Å²) in [6.45, 7) is 10.6. The minimum Gasteiger partial charge on any atom is -0.507 e. The Kier molecular flexibility index (Phi) is 8.57. The van der Waals surface area contributed by atoms with Gasteiger partial charge in [0.05, 0.1) is 0 Å². The quantitative estimate of drug-likeness (QED) is 0.545. The van der Waals surface area contributed by atoms with E-state index < -0.39 is 5.24 Å². The number of benzene rings is 1. The minimum absolute atomic E-state index is 0.112. The van der Waals surface area contributed by atoms with Crippen LogP contribution in [0.3, 0.4) is 0 Å². The van der Waals surface area contributed by atoms with Gasteiger partial charge in [-0.3, -0.25) is 4.79 Å². The summed E-state index contributed by atoms with van der Waals surface area (Å²) < 4.78 is 5.61. The molecular weight excluding hydrogens is 344 g/mol. The van der Waals surface area contributed by atoms with E-state index in [4.69, 9.17) is 21.7 Å². The van der Waals surface area contributed by atoms with Gasteiger partial charge in [-0.05, 0) is 59.8 Å². The van der Waals surface area contributed by atoms with Crippen molar-refractivity contribution in [2.75, 3.05) is 14.1 Å². The summed E-state index contributed by atoms with van der Waals surface area (Å²) in [5.74, 6) is 0.383. The molecule has 1 amide bonds. The highest BCUT2D eigenvalue weighted by Gasteiger charge is 2.22. The number of primary amides is 1. The molecule has 5 nitrogen and oxygen atoms in total. The maximum Gasteiger partial charge on any atom is 0.273 e. The van der Waals surface area contributed by atoms with Crippen molar-refractivity contribution in [3.8, 4) is 5.75 Å². The molecule has 0 spiro atoms. The number of phenolic OH excluding ortho intramolecular Hbond substituents is 1. The van der Waals surface area contributed by atoms with Gasteiger partial charge in [-0.2, -0.15) is 0 Å². The monoisotopic (exact) mass is 372 g/mol. The number of ether oxygens (including phenoxy) is 1. The fraction of sp³-hybridized carbons (Fsp3) is 0.529. The van der Waals surface area contributed by atoms with E-state index in [2.05, 4.69) is 39.1 Å². The first-order valence-corrected chi connectivity index (χ1v) is 8.29. The second-order valence-electron chi connectivity index (χ2n) is 6.72. The summed E-state index contributed by atoms with van der Waals surface area (Å²) in [6.07, 6.45) is 0. The molecule has 3 N–H and O–H groups in total. The predicted molar refractivity (Wildman–Crippen MR) is 106 cm³/mol. The molecule has 0 aliphatic rings. The lowest BCUT2D eigenvalue weighted by atomic mass is 9.83. The highest BCUT2D eigenvalue weighted by Crippen LogP contribution is 2.36. The number of thiocarbonyl (C=S) groups is 1. The molecule has 0 aromatic heterocycles. The number of carbonyl (C=O) groups is 1. The number of amides is 1. The van der Waals surface area contributed by atoms with Crippen LogP contribution in [0.5, 0.6) is 5.75 Å². The number of aromatic hydroxyl groups is 1. The van der Waals surface area contributed by atoms with Crippen molar-refractivity contribution >= 4 is 35.3 Å². The van der Waals surface area contributed by atoms with Crippen LogP contribution in [-0.2, 0) is 16.8 Å². The predicted octanol–water partition coefficient (Wildman–Crippen LogP) is 3.66. The normalized spacial score (nSPS) is 10.5. The van der Waals surface area contributed by atoms with Crippen molar-refractivity contribution in [3.05, 3.63) is 28.3 Å². The van der Waals surface area contributed by atoms with Crippen molar-refractivity contribution in [3.63, 3.8) is 0 Å². The van der Waals surface area contributed by atoms with Gasteiger partial charge < -0.3 is 20.5 Å². The van der Waals surface area contributed by atoms with E-state index in [1.165, 1.54) is 0 Å². The molecule has 0 aliphatic carbocycles. The highest BCUT2D eigenvalue weighted by molar-refractivity contribution is 7.96. The summed E-state index contributed by atoms with van der Waals surface area (Å²) in [7, 11) is 3.72. The van der Waals surface area contributed by atoms with Gasteiger partial charge in [0.2, 0.25) is 0 Å². The van der Waals surface area contributed by atoms with Crippen LogP contribution in [-0.4, -0.2) is 34.5 Å². The standard InChI is InChI=1S/C16H25NO2S.CH3NOS/c1-10-11(2)14(18)13(16(3,4)5)8-12(10)9-19-15(20)17(6)7;2-1(3)4/h8,18H,9H2,1-7H3;(H3,2,3,4). The number of nitrogens with zero attached hydrogens (tertiary/aromatic N) is 1. The Balaban J connectivity index is 0.00000118. The molecule has 0 bridgehead atoms. The number of hydrogen-bond donors (Lipinski definition) is 3. The van der Waals surface area contributed by atoms with Crippen molar-refractivity contribution in [1.29, 1.82) is 0 Å². The molecule has 136 valence electrons. The van der Waals surface area contributed by atoms with Gasteiger partial charge in [-0.15, -0.1) is 0 Å². The van der Waals surface area contributed by atoms with E-state index in [0.29, 0.717) is 17.5 Å². The van der Waals surface area contributed by atoms with Crippen LogP contribution in [0.2, 0.25) is 0 Å². The Bertz CT molecular complexity index is 605. The number of rotatable bonds is 2. The number of thiol groups is 1. The molecule has 0 atom stereocenters. The average molecular weight is 373 g/mol. The van der Waals surface area contributed by atoms with E-state index >= 15 is 0 Å². The van der Waals surface area contributed by atoms with Crippen LogP contribution in [0.1, 0.15) is 43.0 Å². The topological polar surface area (TPSA) is 75.8 Å². The fourth-order valence-electron chi connectivity index (χ4n) is 1.96. The molecule has 0 unspecified atom stereocenters. The Labute approximate surface area is 155 Å². The van der Waals surface area contributed by atoms with Gasteiger partial charge in [-0.25, -0.2) is 0 Å². The minimum atomic E-state index is -0.639. The van der Waals surface area contributed by atoms with E-state index in [-0.39, 0.29) is 5.41 Å². The van der Waals surface area contributed by atoms with E-state index in [0.717, 1.165) is 22.3 Å². The van der Waals surface area contributed by atoms with Crippen molar-refractivity contribution in [2.45, 2.75) is 46.6 Å². The second-order valence-corrected chi connectivity index (χ2v) is 7.51. The lowest BCUT2D eigenvalue weighted by Gasteiger charge is -2.24. The van der Waals surface area contributed by atoms with Gasteiger partial charge in [0.15, 0.2) is 0 Å². The Morgan fingerprint density at radius 2 is 1.79 bits per heavy atom. The SMILES string of the molecule is Cc1c(COC(=S)N(C)C)cc(C(C)(C)C)c(O)c1C.NC(=O)S. The zero-order valence-corrected chi connectivity index (χ0v) is 17.1. The number of carbonyl (C=O) groups excluding carboxylic acids is 1. The van der Waals surface area contributed by atoms with Crippen molar-refractivity contribution in [1.82, 2.24) is 4.90 Å². The molecule has 24 heavy (non-hydrogen) atoms. The zero-order valence-electron chi connectivity index (χ0n) is 15.4. The maximum absolute atomic E-state index is 10.3. The van der Waals surface area contributed by atoms with E-state index in [9.17, 15) is 5.11 Å². The summed E-state index contributed by atoms with van der Waals surface area (Å²) in [4.78, 5) is 10.9. The molecule has 0 heterocycles. The first-order valence-electron chi connectivity index (χ1n) is 7.44. The Hall–Kier alpha value is -1.47. The van der Waals surface area contributed by atoms with Crippen LogP contribution < -0.4 is 5.73 Å². The van der Waals surface area contributed by atoms with Crippen LogP contribution in [0.25, 0.3) is 0 Å². The highest BCUT2D eigenvalue weighted by atomic mass is 32.1. The number of nitrogens with two attached hydrogens (primary N) is 1. The third-order valence-electron chi connectivity index (χ3n) is 3.50. The van der Waals surface area contributed by atoms with Crippen LogP contribution in [0, 0.1) is 13.8 Å². The Morgan fingerprint density at radius 1 is 1.33 bits per heavy atom. The molecule has 7 heteroatoms. The first kappa shape index (κ1) is 22.5. The number of hydrogen-bond acceptors (Lipinski definition) is 4. The summed E-state index contributed by atoms with van der Waals surface area (Å²) in [6, 6.07) is 2.02. The molecule has 0 fully saturated rings. The van der Waals surface area contributed by atoms with E-state index in [1.54, 1.807) is 4.90 Å². The molecule has 0 radical (unpaired) electrons. The van der Waals surface area contributed by atoms with Gasteiger partial charge >= 0.3 is 0 Å². The molecule has 1 aromatic rings. The third-order valence-corrected chi connectivity index (χ3v) is 3.98. The van der Waals surface area contributed by atoms with Gasteiger partial charge in [0, 0.05) is 14.1 Å². The molecule has 1 aromatic carbocycles. The van der Waals surface area contributed by atoms with Crippen LogP contribution >= 0.6 is 24.8 Å². The first-order chi connectivity index (χ1) is 10.8. The third kappa shape index (κ3) is 6.97. The summed E-state index contributed by atoms with van der Waals surface area (Å²) in [5.41, 5.74) is 8.19. The maximum atomic E-state index is 10.3. The lowest BCUT2D eigenvalue weighted by Crippen LogP contribution is -2.22. The Morgan fingerprint density at radius 3 is 2.17 bits per heavy atom. The lowest BCUT2D eigenvalue weighted by molar-refractivity contribution is 0.256. The van der Waals surface area contributed by atoms with Gasteiger partial charge in [0.25, 0.3) is 10.4 Å². The van der Waals surface area contributed by atoms with Crippen LogP contribution in [0.15, 0.2) is 6.07 Å². The summed E-state index contributed by atoms with van der Waals surface area (Å²) in [5, 5.41) is 10.2. The van der Waals surface area contributed by atoms with Gasteiger partial charge in [0.1, 0.15) is 12.4 Å². The van der Waals surface area contributed by atoms with Gasteiger partial charge in [-0.1, -0.05) is 33.4 Å². The molecule has 0 saturated carbocycles. The molecule has 0 aliphatic heterocycles. The average Bonchev–Trinajstić information content (AvgIpc) is 2.41. The molecular formula is C17H28N2O3S2. The van der Waals surface area contributed by atoms with Crippen molar-refractivity contribution in [2.24, 2.45) is 5.73 Å². The largest absolute Gasteiger partial charge is 0.507 e. The zero-order chi connectivity index (χ0) is 19.2. The molecule has 1 rings (SSSR count). The molecule has 0 saturated heterocycles.